The minimum atomic E-state index is -0.497. The Morgan fingerprint density at radius 1 is 1.30 bits per heavy atom. The quantitative estimate of drug-likeness (QED) is 0.846. The number of carbonyl (C=O) groups excluding carboxylic acids is 1. The fourth-order valence-electron chi connectivity index (χ4n) is 1.71. The molecule has 1 aromatic carbocycles. The third-order valence-electron chi connectivity index (χ3n) is 2.93. The molecule has 0 fully saturated rings. The van der Waals surface area contributed by atoms with E-state index in [0.29, 0.717) is 17.8 Å². The molecule has 0 aliphatic heterocycles. The molecule has 6 nitrogen and oxygen atoms in total. The fraction of sp³-hybridized carbons (Fsp3) is 0.267. The molecule has 1 amide bonds. The Morgan fingerprint density at radius 3 is 2.61 bits per heavy atom. The summed E-state index contributed by atoms with van der Waals surface area (Å²) in [4.78, 5) is 22.0. The molecule has 0 aliphatic carbocycles. The monoisotopic (exact) mass is 337 g/mol. The SMILES string of the molecule is CN(C)CCNC(=O)c1cnc(Nc2ccc(F)c(Cl)c2)nc1. The van der Waals surface area contributed by atoms with E-state index in [1.54, 1.807) is 0 Å². The maximum Gasteiger partial charge on any atom is 0.254 e. The summed E-state index contributed by atoms with van der Waals surface area (Å²) in [5.74, 6) is -0.441. The summed E-state index contributed by atoms with van der Waals surface area (Å²) in [7, 11) is 3.86. The molecule has 23 heavy (non-hydrogen) atoms. The number of anilines is 2. The van der Waals surface area contributed by atoms with Crippen LogP contribution in [0.15, 0.2) is 30.6 Å². The van der Waals surface area contributed by atoms with Gasteiger partial charge in [0.15, 0.2) is 0 Å². The zero-order valence-corrected chi connectivity index (χ0v) is 13.6. The predicted octanol–water partition coefficient (Wildman–Crippen LogP) is 2.30. The van der Waals surface area contributed by atoms with E-state index in [1.165, 1.54) is 30.6 Å². The Hall–Kier alpha value is -2.25. The van der Waals surface area contributed by atoms with Crippen molar-refractivity contribution in [3.63, 3.8) is 0 Å². The largest absolute Gasteiger partial charge is 0.351 e. The van der Waals surface area contributed by atoms with Gasteiger partial charge in [-0.2, -0.15) is 0 Å². The first-order valence-electron chi connectivity index (χ1n) is 6.93. The smallest absolute Gasteiger partial charge is 0.254 e. The van der Waals surface area contributed by atoms with Gasteiger partial charge in [0, 0.05) is 31.2 Å². The average molecular weight is 338 g/mol. The summed E-state index contributed by atoms with van der Waals surface area (Å²) in [6, 6.07) is 4.20. The highest BCUT2D eigenvalue weighted by atomic mass is 35.5. The lowest BCUT2D eigenvalue weighted by Gasteiger charge is -2.10. The van der Waals surface area contributed by atoms with Crippen LogP contribution in [0.3, 0.4) is 0 Å². The van der Waals surface area contributed by atoms with Gasteiger partial charge in [0.05, 0.1) is 10.6 Å². The lowest BCUT2D eigenvalue weighted by molar-refractivity contribution is 0.0950. The van der Waals surface area contributed by atoms with Gasteiger partial charge in [-0.15, -0.1) is 0 Å². The van der Waals surface area contributed by atoms with E-state index in [-0.39, 0.29) is 16.9 Å². The minimum absolute atomic E-state index is 0.00638. The highest BCUT2D eigenvalue weighted by Crippen LogP contribution is 2.21. The van der Waals surface area contributed by atoms with E-state index < -0.39 is 5.82 Å². The van der Waals surface area contributed by atoms with Crippen molar-refractivity contribution >= 4 is 29.1 Å². The van der Waals surface area contributed by atoms with Crippen LogP contribution in [0.4, 0.5) is 16.0 Å². The van der Waals surface area contributed by atoms with Gasteiger partial charge in [-0.3, -0.25) is 4.79 Å². The van der Waals surface area contributed by atoms with E-state index in [9.17, 15) is 9.18 Å². The van der Waals surface area contributed by atoms with Crippen LogP contribution in [0.2, 0.25) is 5.02 Å². The molecular formula is C15H17ClFN5O. The molecule has 0 spiro atoms. The molecule has 2 aromatic rings. The molecule has 122 valence electrons. The fourth-order valence-corrected chi connectivity index (χ4v) is 1.89. The Labute approximate surface area is 138 Å². The van der Waals surface area contributed by atoms with Crippen LogP contribution in [0.1, 0.15) is 10.4 Å². The molecule has 1 aromatic heterocycles. The summed E-state index contributed by atoms with van der Waals surface area (Å²) in [5.41, 5.74) is 0.922. The van der Waals surface area contributed by atoms with E-state index >= 15 is 0 Å². The van der Waals surface area contributed by atoms with Crippen molar-refractivity contribution in [3.05, 3.63) is 47.0 Å². The average Bonchev–Trinajstić information content (AvgIpc) is 2.51. The molecule has 0 saturated heterocycles. The first-order chi connectivity index (χ1) is 11.0. The van der Waals surface area contributed by atoms with Gasteiger partial charge in [0.25, 0.3) is 5.91 Å². The number of nitrogens with one attached hydrogen (secondary N) is 2. The number of carbonyl (C=O) groups is 1. The summed E-state index contributed by atoms with van der Waals surface area (Å²) in [6.45, 7) is 1.29. The third kappa shape index (κ3) is 5.15. The van der Waals surface area contributed by atoms with E-state index in [2.05, 4.69) is 20.6 Å². The van der Waals surface area contributed by atoms with Crippen molar-refractivity contribution in [2.75, 3.05) is 32.5 Å². The van der Waals surface area contributed by atoms with E-state index in [0.717, 1.165) is 6.54 Å². The first-order valence-corrected chi connectivity index (χ1v) is 7.30. The summed E-state index contributed by atoms with van der Waals surface area (Å²) in [5, 5.41) is 5.66. The van der Waals surface area contributed by atoms with Crippen molar-refractivity contribution in [3.8, 4) is 0 Å². The maximum atomic E-state index is 13.1. The second-order valence-electron chi connectivity index (χ2n) is 5.11. The predicted molar refractivity (Wildman–Crippen MR) is 87.6 cm³/mol. The summed E-state index contributed by atoms with van der Waals surface area (Å²) < 4.78 is 13.1. The van der Waals surface area contributed by atoms with Gasteiger partial charge in [0.1, 0.15) is 5.82 Å². The van der Waals surface area contributed by atoms with Gasteiger partial charge >= 0.3 is 0 Å². The van der Waals surface area contributed by atoms with E-state index in [4.69, 9.17) is 11.6 Å². The zero-order valence-electron chi connectivity index (χ0n) is 12.8. The molecule has 8 heteroatoms. The molecule has 0 radical (unpaired) electrons. The number of hydrogen-bond donors (Lipinski definition) is 2. The number of rotatable bonds is 6. The number of aromatic nitrogens is 2. The number of amides is 1. The normalized spacial score (nSPS) is 10.7. The van der Waals surface area contributed by atoms with Crippen LogP contribution in [-0.2, 0) is 0 Å². The van der Waals surface area contributed by atoms with Crippen LogP contribution in [0.5, 0.6) is 0 Å². The van der Waals surface area contributed by atoms with Crippen molar-refractivity contribution in [1.29, 1.82) is 0 Å². The topological polar surface area (TPSA) is 70.2 Å². The summed E-state index contributed by atoms with van der Waals surface area (Å²) in [6.07, 6.45) is 2.84. The van der Waals surface area contributed by atoms with Crippen LogP contribution >= 0.6 is 11.6 Å². The van der Waals surface area contributed by atoms with Gasteiger partial charge < -0.3 is 15.5 Å². The van der Waals surface area contributed by atoms with Crippen LogP contribution in [-0.4, -0.2) is 48.0 Å². The standard InChI is InChI=1S/C15H17ClFN5O/c1-22(2)6-5-18-14(23)10-8-19-15(20-9-10)21-11-3-4-13(17)12(16)7-11/h3-4,7-9H,5-6H2,1-2H3,(H,18,23)(H,19,20,21). The highest BCUT2D eigenvalue weighted by molar-refractivity contribution is 6.31. The lowest BCUT2D eigenvalue weighted by Crippen LogP contribution is -2.31. The van der Waals surface area contributed by atoms with Gasteiger partial charge in [-0.25, -0.2) is 14.4 Å². The maximum absolute atomic E-state index is 13.1. The van der Waals surface area contributed by atoms with Gasteiger partial charge in [0.2, 0.25) is 5.95 Å². The molecule has 0 bridgehead atoms. The van der Waals surface area contributed by atoms with Crippen molar-refractivity contribution in [2.24, 2.45) is 0 Å². The van der Waals surface area contributed by atoms with Crippen molar-refractivity contribution in [1.82, 2.24) is 20.2 Å². The van der Waals surface area contributed by atoms with Crippen LogP contribution in [0.25, 0.3) is 0 Å². The number of halogens is 2. The zero-order chi connectivity index (χ0) is 16.8. The van der Waals surface area contributed by atoms with Crippen LogP contribution < -0.4 is 10.6 Å². The molecule has 2 N–H and O–H groups in total. The number of hydrogen-bond acceptors (Lipinski definition) is 5. The first kappa shape index (κ1) is 17.1. The van der Waals surface area contributed by atoms with Gasteiger partial charge in [-0.05, 0) is 32.3 Å². The second-order valence-corrected chi connectivity index (χ2v) is 5.52. The molecular weight excluding hydrogens is 321 g/mol. The molecule has 1 heterocycles. The Kier molecular flexibility index (Phi) is 5.84. The molecule has 0 atom stereocenters. The van der Waals surface area contributed by atoms with Crippen molar-refractivity contribution in [2.45, 2.75) is 0 Å². The summed E-state index contributed by atoms with van der Waals surface area (Å²) >= 11 is 5.71. The number of nitrogens with zero attached hydrogens (tertiary/aromatic N) is 3. The third-order valence-corrected chi connectivity index (χ3v) is 3.22. The molecule has 0 unspecified atom stereocenters. The van der Waals surface area contributed by atoms with Crippen molar-refractivity contribution < 1.29 is 9.18 Å². The lowest BCUT2D eigenvalue weighted by atomic mass is 10.3. The Balaban J connectivity index is 1.96. The highest BCUT2D eigenvalue weighted by Gasteiger charge is 2.07. The molecule has 2 rings (SSSR count). The Morgan fingerprint density at radius 2 is 2.00 bits per heavy atom. The second kappa shape index (κ2) is 7.85. The number of likely N-dealkylation sites (N-methyl/N-ethyl adjacent to an activating group) is 1. The Bertz CT molecular complexity index is 678. The van der Waals surface area contributed by atoms with E-state index in [1.807, 2.05) is 19.0 Å². The minimum Gasteiger partial charge on any atom is -0.351 e. The molecule has 0 aliphatic rings. The number of benzene rings is 1. The van der Waals surface area contributed by atoms with Gasteiger partial charge in [-0.1, -0.05) is 11.6 Å². The molecule has 0 saturated carbocycles. The van der Waals surface area contributed by atoms with Crippen LogP contribution in [0, 0.1) is 5.82 Å².